The van der Waals surface area contributed by atoms with Gasteiger partial charge in [-0.1, -0.05) is 30.3 Å². The van der Waals surface area contributed by atoms with Crippen molar-refractivity contribution in [2.45, 2.75) is 31.9 Å². The van der Waals surface area contributed by atoms with Crippen molar-refractivity contribution in [2.75, 3.05) is 32.5 Å². The summed E-state index contributed by atoms with van der Waals surface area (Å²) in [5.41, 5.74) is 2.61. The van der Waals surface area contributed by atoms with Crippen molar-refractivity contribution < 1.29 is 14.7 Å². The monoisotopic (exact) mass is 395 g/mol. The largest absolute Gasteiger partial charge is 0.389 e. The molecule has 1 fully saturated rings. The van der Waals surface area contributed by atoms with E-state index in [-0.39, 0.29) is 18.4 Å². The summed E-state index contributed by atoms with van der Waals surface area (Å²) in [6.45, 7) is 4.13. The van der Waals surface area contributed by atoms with Gasteiger partial charge in [0.1, 0.15) is 0 Å². The van der Waals surface area contributed by atoms with Gasteiger partial charge in [0.05, 0.1) is 11.6 Å². The first-order valence-corrected chi connectivity index (χ1v) is 9.84. The molecule has 0 spiro atoms. The zero-order valence-electron chi connectivity index (χ0n) is 17.5. The van der Waals surface area contributed by atoms with Crippen LogP contribution in [0.2, 0.25) is 0 Å². The lowest BCUT2D eigenvalue weighted by Gasteiger charge is -2.49. The van der Waals surface area contributed by atoms with Crippen LogP contribution in [-0.4, -0.2) is 60.0 Å². The van der Waals surface area contributed by atoms with Gasteiger partial charge in [0.2, 0.25) is 5.91 Å². The van der Waals surface area contributed by atoms with Crippen LogP contribution in [0.5, 0.6) is 0 Å². The highest BCUT2D eigenvalue weighted by atomic mass is 16.3. The predicted octanol–water partition coefficient (Wildman–Crippen LogP) is 2.62. The molecule has 6 heteroatoms. The van der Waals surface area contributed by atoms with Gasteiger partial charge in [-0.15, -0.1) is 0 Å². The molecule has 1 aliphatic heterocycles. The second-order valence-electron chi connectivity index (χ2n) is 7.91. The van der Waals surface area contributed by atoms with Gasteiger partial charge in [0.25, 0.3) is 5.91 Å². The van der Waals surface area contributed by atoms with Gasteiger partial charge in [-0.05, 0) is 56.8 Å². The van der Waals surface area contributed by atoms with Crippen molar-refractivity contribution in [1.82, 2.24) is 9.80 Å². The Morgan fingerprint density at radius 3 is 2.41 bits per heavy atom. The Hall–Kier alpha value is -2.70. The van der Waals surface area contributed by atoms with Gasteiger partial charge in [-0.3, -0.25) is 14.5 Å². The number of carbonyl (C=O) groups excluding carboxylic acids is 2. The van der Waals surface area contributed by atoms with E-state index in [0.717, 1.165) is 11.1 Å². The second-order valence-corrected chi connectivity index (χ2v) is 7.91. The summed E-state index contributed by atoms with van der Waals surface area (Å²) in [4.78, 5) is 28.1. The Kier molecular flexibility index (Phi) is 6.05. The zero-order chi connectivity index (χ0) is 21.2. The molecule has 2 N–H and O–H groups in total. The number of benzene rings is 2. The number of amides is 2. The van der Waals surface area contributed by atoms with Crippen LogP contribution in [0.15, 0.2) is 48.5 Å². The Morgan fingerprint density at radius 2 is 1.86 bits per heavy atom. The number of rotatable bonds is 4. The average Bonchev–Trinajstić information content (AvgIpc) is 2.69. The third kappa shape index (κ3) is 4.04. The van der Waals surface area contributed by atoms with Crippen molar-refractivity contribution in [3.05, 3.63) is 65.2 Å². The van der Waals surface area contributed by atoms with Gasteiger partial charge in [0, 0.05) is 31.3 Å². The van der Waals surface area contributed by atoms with Gasteiger partial charge < -0.3 is 15.3 Å². The SMILES string of the molecule is CC(=O)Nc1ccc(C(=O)N2CC[C@@](c3ccccc3)(N(C)C)[C@H](O)C2)cc1C. The van der Waals surface area contributed by atoms with E-state index in [2.05, 4.69) is 10.2 Å². The summed E-state index contributed by atoms with van der Waals surface area (Å²) in [6, 6.07) is 15.2. The molecule has 1 aliphatic rings. The predicted molar refractivity (Wildman–Crippen MR) is 114 cm³/mol. The number of likely N-dealkylation sites (N-methyl/N-ethyl adjacent to an activating group) is 1. The summed E-state index contributed by atoms with van der Waals surface area (Å²) in [5, 5.41) is 13.9. The number of nitrogens with zero attached hydrogens (tertiary/aromatic N) is 2. The Morgan fingerprint density at radius 1 is 1.17 bits per heavy atom. The van der Waals surface area contributed by atoms with E-state index in [1.165, 1.54) is 6.92 Å². The first-order chi connectivity index (χ1) is 13.8. The Balaban J connectivity index is 1.81. The van der Waals surface area contributed by atoms with E-state index in [9.17, 15) is 14.7 Å². The maximum absolute atomic E-state index is 13.1. The summed E-state index contributed by atoms with van der Waals surface area (Å²) in [6.07, 6.45) is -0.0720. The minimum atomic E-state index is -0.711. The molecule has 154 valence electrons. The minimum Gasteiger partial charge on any atom is -0.389 e. The van der Waals surface area contributed by atoms with Crippen LogP contribution in [-0.2, 0) is 10.3 Å². The lowest BCUT2D eigenvalue weighted by atomic mass is 9.77. The first kappa shape index (κ1) is 21.0. The average molecular weight is 396 g/mol. The van der Waals surface area contributed by atoms with E-state index < -0.39 is 11.6 Å². The fourth-order valence-corrected chi connectivity index (χ4v) is 4.26. The second kappa shape index (κ2) is 8.35. The maximum atomic E-state index is 13.1. The molecule has 2 atom stereocenters. The molecule has 0 aromatic heterocycles. The summed E-state index contributed by atoms with van der Waals surface area (Å²) in [7, 11) is 3.94. The van der Waals surface area contributed by atoms with Crippen LogP contribution in [0, 0.1) is 6.92 Å². The highest BCUT2D eigenvalue weighted by Gasteiger charge is 2.46. The molecule has 3 rings (SSSR count). The zero-order valence-corrected chi connectivity index (χ0v) is 17.5. The van der Waals surface area contributed by atoms with E-state index >= 15 is 0 Å². The molecule has 2 amide bonds. The van der Waals surface area contributed by atoms with Gasteiger partial charge >= 0.3 is 0 Å². The van der Waals surface area contributed by atoms with Crippen molar-refractivity contribution in [3.8, 4) is 0 Å². The third-order valence-electron chi connectivity index (χ3n) is 5.85. The highest BCUT2D eigenvalue weighted by Crippen LogP contribution is 2.38. The number of piperidine rings is 1. The smallest absolute Gasteiger partial charge is 0.253 e. The van der Waals surface area contributed by atoms with Crippen LogP contribution in [0.25, 0.3) is 0 Å². The van der Waals surface area contributed by atoms with Gasteiger partial charge in [-0.2, -0.15) is 0 Å². The number of aliphatic hydroxyl groups is 1. The number of hydrogen-bond acceptors (Lipinski definition) is 4. The molecule has 1 heterocycles. The quantitative estimate of drug-likeness (QED) is 0.835. The molecule has 0 bridgehead atoms. The summed E-state index contributed by atoms with van der Waals surface area (Å²) >= 11 is 0. The van der Waals surface area contributed by atoms with Crippen LogP contribution in [0.4, 0.5) is 5.69 Å². The molecular weight excluding hydrogens is 366 g/mol. The standard InChI is InChI=1S/C23H29N3O3/c1-16-14-18(10-11-20(16)24-17(2)27)22(29)26-13-12-23(25(3)4,21(28)15-26)19-8-6-5-7-9-19/h5-11,14,21,28H,12-13,15H2,1-4H3,(H,24,27)/t21-,23+/m1/s1. The van der Waals surface area contributed by atoms with Crippen molar-refractivity contribution in [3.63, 3.8) is 0 Å². The number of hydrogen-bond donors (Lipinski definition) is 2. The van der Waals surface area contributed by atoms with Crippen LogP contribution >= 0.6 is 0 Å². The van der Waals surface area contributed by atoms with Crippen LogP contribution < -0.4 is 5.32 Å². The van der Waals surface area contributed by atoms with Crippen molar-refractivity contribution in [2.24, 2.45) is 0 Å². The number of aliphatic hydroxyl groups excluding tert-OH is 1. The van der Waals surface area contributed by atoms with Crippen molar-refractivity contribution in [1.29, 1.82) is 0 Å². The lowest BCUT2D eigenvalue weighted by Crippen LogP contribution is -2.60. The van der Waals surface area contributed by atoms with E-state index in [4.69, 9.17) is 0 Å². The fourth-order valence-electron chi connectivity index (χ4n) is 4.26. The lowest BCUT2D eigenvalue weighted by molar-refractivity contribution is -0.114. The molecule has 0 saturated carbocycles. The Labute approximate surface area is 172 Å². The highest BCUT2D eigenvalue weighted by molar-refractivity contribution is 5.96. The molecular formula is C23H29N3O3. The number of β-amino-alcohol motifs (C(OH)–C–C–N with tert-alkyl or cyclic N) is 1. The molecule has 0 radical (unpaired) electrons. The van der Waals surface area contributed by atoms with E-state index in [1.807, 2.05) is 51.4 Å². The molecule has 0 aliphatic carbocycles. The minimum absolute atomic E-state index is 0.109. The van der Waals surface area contributed by atoms with E-state index in [1.54, 1.807) is 23.1 Å². The van der Waals surface area contributed by atoms with Crippen LogP contribution in [0.3, 0.4) is 0 Å². The van der Waals surface area contributed by atoms with Gasteiger partial charge in [-0.25, -0.2) is 0 Å². The maximum Gasteiger partial charge on any atom is 0.253 e. The molecule has 29 heavy (non-hydrogen) atoms. The normalized spacial score (nSPS) is 21.9. The number of aryl methyl sites for hydroxylation is 1. The molecule has 1 saturated heterocycles. The number of anilines is 1. The van der Waals surface area contributed by atoms with Crippen molar-refractivity contribution >= 4 is 17.5 Å². The summed E-state index contributed by atoms with van der Waals surface area (Å²) < 4.78 is 0. The van der Waals surface area contributed by atoms with E-state index in [0.29, 0.717) is 24.2 Å². The first-order valence-electron chi connectivity index (χ1n) is 9.84. The fraction of sp³-hybridized carbons (Fsp3) is 0.391. The number of likely N-dealkylation sites (tertiary alicyclic amines) is 1. The number of carbonyl (C=O) groups is 2. The van der Waals surface area contributed by atoms with Crippen LogP contribution in [0.1, 0.15) is 34.8 Å². The summed E-state index contributed by atoms with van der Waals surface area (Å²) in [5.74, 6) is -0.255. The number of nitrogens with one attached hydrogen (secondary N) is 1. The topological polar surface area (TPSA) is 72.9 Å². The van der Waals surface area contributed by atoms with Gasteiger partial charge in [0.15, 0.2) is 0 Å². The molecule has 6 nitrogen and oxygen atoms in total. The molecule has 2 aromatic rings. The molecule has 2 aromatic carbocycles. The molecule has 0 unspecified atom stereocenters. The Bertz CT molecular complexity index is 897. The third-order valence-corrected chi connectivity index (χ3v) is 5.85.